The molecule has 1 aliphatic rings. The van der Waals surface area contributed by atoms with Crippen LogP contribution in [0.3, 0.4) is 0 Å². The third kappa shape index (κ3) is 3.14. The van der Waals surface area contributed by atoms with Gasteiger partial charge in [0.2, 0.25) is 0 Å². The van der Waals surface area contributed by atoms with E-state index in [1.54, 1.807) is 19.2 Å². The lowest BCUT2D eigenvalue weighted by Gasteiger charge is -2.38. The first-order valence-corrected chi connectivity index (χ1v) is 7.24. The van der Waals surface area contributed by atoms with Crippen LogP contribution in [0.4, 0.5) is 0 Å². The lowest BCUT2D eigenvalue weighted by atomic mass is 9.97. The van der Waals surface area contributed by atoms with Gasteiger partial charge in [-0.1, -0.05) is 11.6 Å². The van der Waals surface area contributed by atoms with Crippen LogP contribution in [0.25, 0.3) is 0 Å². The number of hydrogen-bond donors (Lipinski definition) is 1. The van der Waals surface area contributed by atoms with Gasteiger partial charge in [-0.15, -0.1) is 0 Å². The van der Waals surface area contributed by atoms with Crippen molar-refractivity contribution in [2.45, 2.75) is 31.9 Å². The largest absolute Gasteiger partial charge is 0.381 e. The molecule has 110 valence electrons. The summed E-state index contributed by atoms with van der Waals surface area (Å²) in [4.78, 5) is 14.5. The van der Waals surface area contributed by atoms with Crippen LogP contribution in [-0.4, -0.2) is 43.2 Å². The standard InChI is InChI=1S/C15H21ClN2O2/c1-10-7-11(16)3-4-14(10)15(19)18-6-5-13(20-2)8-12(18)9-17/h3-4,7,12-13H,5-6,8-9,17H2,1-2H3. The second kappa shape index (κ2) is 6.57. The second-order valence-corrected chi connectivity index (χ2v) is 5.67. The second-order valence-electron chi connectivity index (χ2n) is 5.23. The van der Waals surface area contributed by atoms with Gasteiger partial charge in [0, 0.05) is 36.8 Å². The van der Waals surface area contributed by atoms with Crippen LogP contribution in [0.1, 0.15) is 28.8 Å². The molecule has 1 fully saturated rings. The van der Waals surface area contributed by atoms with Gasteiger partial charge in [-0.05, 0) is 43.5 Å². The van der Waals surface area contributed by atoms with Crippen LogP contribution >= 0.6 is 11.6 Å². The molecule has 20 heavy (non-hydrogen) atoms. The van der Waals surface area contributed by atoms with Gasteiger partial charge in [0.1, 0.15) is 0 Å². The molecule has 1 amide bonds. The third-order valence-corrected chi connectivity index (χ3v) is 4.19. The van der Waals surface area contributed by atoms with E-state index in [0.29, 0.717) is 23.7 Å². The predicted octanol–water partition coefficient (Wildman–Crippen LogP) is 2.23. The van der Waals surface area contributed by atoms with Crippen molar-refractivity contribution in [3.63, 3.8) is 0 Å². The zero-order valence-electron chi connectivity index (χ0n) is 11.9. The van der Waals surface area contributed by atoms with Crippen LogP contribution in [0.5, 0.6) is 0 Å². The molecule has 0 saturated carbocycles. The molecule has 2 atom stereocenters. The van der Waals surface area contributed by atoms with Gasteiger partial charge in [-0.3, -0.25) is 4.79 Å². The van der Waals surface area contributed by atoms with Gasteiger partial charge in [-0.25, -0.2) is 0 Å². The highest BCUT2D eigenvalue weighted by atomic mass is 35.5. The van der Waals surface area contributed by atoms with Crippen molar-refractivity contribution in [2.75, 3.05) is 20.2 Å². The molecule has 0 bridgehead atoms. The normalized spacial score (nSPS) is 22.9. The molecule has 2 rings (SSSR count). The Bertz CT molecular complexity index is 493. The highest BCUT2D eigenvalue weighted by Gasteiger charge is 2.31. The van der Waals surface area contributed by atoms with Gasteiger partial charge in [-0.2, -0.15) is 0 Å². The van der Waals surface area contributed by atoms with E-state index >= 15 is 0 Å². The van der Waals surface area contributed by atoms with Crippen LogP contribution in [0, 0.1) is 6.92 Å². The van der Waals surface area contributed by atoms with Crippen LogP contribution in [0.2, 0.25) is 5.02 Å². The number of nitrogens with two attached hydrogens (primary N) is 1. The lowest BCUT2D eigenvalue weighted by molar-refractivity contribution is 0.0138. The number of carbonyl (C=O) groups is 1. The summed E-state index contributed by atoms with van der Waals surface area (Å²) in [6.07, 6.45) is 1.84. The van der Waals surface area contributed by atoms with E-state index in [2.05, 4.69) is 0 Å². The maximum Gasteiger partial charge on any atom is 0.254 e. The molecule has 0 aromatic heterocycles. The van der Waals surface area contributed by atoms with Crippen molar-refractivity contribution < 1.29 is 9.53 Å². The summed E-state index contributed by atoms with van der Waals surface area (Å²) in [5.74, 6) is 0.0316. The smallest absolute Gasteiger partial charge is 0.254 e. The maximum atomic E-state index is 12.7. The van der Waals surface area contributed by atoms with Crippen molar-refractivity contribution in [1.82, 2.24) is 4.90 Å². The summed E-state index contributed by atoms with van der Waals surface area (Å²) in [5, 5.41) is 0.646. The zero-order valence-corrected chi connectivity index (χ0v) is 12.7. The van der Waals surface area contributed by atoms with Crippen molar-refractivity contribution in [3.05, 3.63) is 34.3 Å². The molecule has 1 aromatic rings. The Hall–Kier alpha value is -1.10. The van der Waals surface area contributed by atoms with Crippen molar-refractivity contribution in [3.8, 4) is 0 Å². The minimum Gasteiger partial charge on any atom is -0.381 e. The fourth-order valence-corrected chi connectivity index (χ4v) is 2.97. The third-order valence-electron chi connectivity index (χ3n) is 3.95. The summed E-state index contributed by atoms with van der Waals surface area (Å²) in [6, 6.07) is 5.39. The van der Waals surface area contributed by atoms with Gasteiger partial charge in [0.25, 0.3) is 5.91 Å². The fourth-order valence-electron chi connectivity index (χ4n) is 2.74. The van der Waals surface area contributed by atoms with Gasteiger partial charge in [0.15, 0.2) is 0 Å². The van der Waals surface area contributed by atoms with E-state index in [-0.39, 0.29) is 18.1 Å². The molecule has 0 spiro atoms. The number of halogens is 1. The molecule has 1 aliphatic heterocycles. The van der Waals surface area contributed by atoms with E-state index < -0.39 is 0 Å². The number of likely N-dealkylation sites (tertiary alicyclic amines) is 1. The number of carbonyl (C=O) groups excluding carboxylic acids is 1. The molecular formula is C15H21ClN2O2. The first-order valence-electron chi connectivity index (χ1n) is 6.86. The summed E-state index contributed by atoms with van der Waals surface area (Å²) < 4.78 is 5.39. The van der Waals surface area contributed by atoms with Gasteiger partial charge < -0.3 is 15.4 Å². The first-order chi connectivity index (χ1) is 9.56. The van der Waals surface area contributed by atoms with Crippen molar-refractivity contribution >= 4 is 17.5 Å². The molecule has 0 aliphatic carbocycles. The number of methoxy groups -OCH3 is 1. The van der Waals surface area contributed by atoms with Crippen LogP contribution in [0.15, 0.2) is 18.2 Å². The average molecular weight is 297 g/mol. The Morgan fingerprint density at radius 3 is 2.90 bits per heavy atom. The van der Waals surface area contributed by atoms with Crippen LogP contribution in [-0.2, 0) is 4.74 Å². The number of nitrogens with zero attached hydrogens (tertiary/aromatic N) is 1. The molecule has 2 unspecified atom stereocenters. The highest BCUT2D eigenvalue weighted by Crippen LogP contribution is 2.23. The van der Waals surface area contributed by atoms with Crippen molar-refractivity contribution in [2.24, 2.45) is 5.73 Å². The summed E-state index contributed by atoms with van der Waals surface area (Å²) in [5.41, 5.74) is 7.41. The number of aryl methyl sites for hydroxylation is 1. The summed E-state index contributed by atoms with van der Waals surface area (Å²) in [6.45, 7) is 3.04. The quantitative estimate of drug-likeness (QED) is 0.930. The topological polar surface area (TPSA) is 55.6 Å². The van der Waals surface area contributed by atoms with Gasteiger partial charge in [0.05, 0.1) is 6.10 Å². The SMILES string of the molecule is COC1CCN(C(=O)c2ccc(Cl)cc2C)C(CN)C1. The molecule has 1 saturated heterocycles. The number of piperidine rings is 1. The molecule has 0 radical (unpaired) electrons. The Balaban J connectivity index is 2.19. The van der Waals surface area contributed by atoms with E-state index in [4.69, 9.17) is 22.1 Å². The minimum atomic E-state index is 0.0316. The Morgan fingerprint density at radius 2 is 2.30 bits per heavy atom. The molecule has 1 heterocycles. The molecule has 4 nitrogen and oxygen atoms in total. The maximum absolute atomic E-state index is 12.7. The monoisotopic (exact) mass is 296 g/mol. The Morgan fingerprint density at radius 1 is 1.55 bits per heavy atom. The zero-order chi connectivity index (χ0) is 14.7. The van der Waals surface area contributed by atoms with E-state index in [0.717, 1.165) is 18.4 Å². The first kappa shape index (κ1) is 15.3. The highest BCUT2D eigenvalue weighted by molar-refractivity contribution is 6.30. The van der Waals surface area contributed by atoms with E-state index in [9.17, 15) is 4.79 Å². The predicted molar refractivity (Wildman–Crippen MR) is 80.1 cm³/mol. The number of ether oxygens (including phenoxy) is 1. The van der Waals surface area contributed by atoms with E-state index in [1.807, 2.05) is 17.9 Å². The molecule has 5 heteroatoms. The van der Waals surface area contributed by atoms with E-state index in [1.165, 1.54) is 0 Å². The lowest BCUT2D eigenvalue weighted by Crippen LogP contribution is -2.51. The Labute approximate surface area is 124 Å². The number of hydrogen-bond acceptors (Lipinski definition) is 3. The number of benzene rings is 1. The minimum absolute atomic E-state index is 0.0316. The van der Waals surface area contributed by atoms with Crippen molar-refractivity contribution in [1.29, 1.82) is 0 Å². The number of rotatable bonds is 3. The van der Waals surface area contributed by atoms with Crippen LogP contribution < -0.4 is 5.73 Å². The average Bonchev–Trinajstić information content (AvgIpc) is 2.46. The summed E-state index contributed by atoms with van der Waals surface area (Å²) >= 11 is 5.94. The Kier molecular flexibility index (Phi) is 5.02. The number of amides is 1. The molecular weight excluding hydrogens is 276 g/mol. The molecule has 2 N–H and O–H groups in total. The van der Waals surface area contributed by atoms with Gasteiger partial charge >= 0.3 is 0 Å². The molecule has 1 aromatic carbocycles. The summed E-state index contributed by atoms with van der Waals surface area (Å²) in [7, 11) is 1.71. The fraction of sp³-hybridized carbons (Fsp3) is 0.533.